The number of aromatic nitrogens is 1. The molecular formula is C21H31N5O. The second kappa shape index (κ2) is 8.00. The van der Waals surface area contributed by atoms with E-state index in [0.717, 1.165) is 45.6 Å². The van der Waals surface area contributed by atoms with Crippen LogP contribution in [0.4, 0.5) is 0 Å². The van der Waals surface area contributed by atoms with Gasteiger partial charge in [0.25, 0.3) is 0 Å². The minimum Gasteiger partial charge on any atom is -0.346 e. The largest absolute Gasteiger partial charge is 0.346 e. The topological polar surface area (TPSA) is 52.5 Å². The number of likely N-dealkylation sites (N-methyl/N-ethyl adjacent to an activating group) is 1. The van der Waals surface area contributed by atoms with Crippen molar-refractivity contribution in [2.45, 2.75) is 51.4 Å². The van der Waals surface area contributed by atoms with Gasteiger partial charge in [0.2, 0.25) is 5.91 Å². The predicted molar refractivity (Wildman–Crippen MR) is 108 cm³/mol. The Labute approximate surface area is 161 Å². The fourth-order valence-corrected chi connectivity index (χ4v) is 4.64. The number of hydrogen-bond donors (Lipinski definition) is 2. The second-order valence-electron chi connectivity index (χ2n) is 7.75. The quantitative estimate of drug-likeness (QED) is 0.816. The number of benzene rings is 1. The van der Waals surface area contributed by atoms with E-state index < -0.39 is 0 Å². The van der Waals surface area contributed by atoms with Gasteiger partial charge in [-0.05, 0) is 43.5 Å². The van der Waals surface area contributed by atoms with Crippen LogP contribution in [-0.4, -0.2) is 64.6 Å². The van der Waals surface area contributed by atoms with Crippen LogP contribution in [0.1, 0.15) is 26.7 Å². The van der Waals surface area contributed by atoms with Gasteiger partial charge in [0, 0.05) is 43.4 Å². The number of para-hydroxylation sites is 1. The summed E-state index contributed by atoms with van der Waals surface area (Å²) in [7, 11) is 0. The highest BCUT2D eigenvalue weighted by atomic mass is 16.2. The van der Waals surface area contributed by atoms with E-state index >= 15 is 0 Å². The van der Waals surface area contributed by atoms with Crippen LogP contribution in [0.2, 0.25) is 0 Å². The lowest BCUT2D eigenvalue weighted by Crippen LogP contribution is -2.46. The number of likely N-dealkylation sites (tertiary alicyclic amines) is 1. The molecule has 0 saturated carbocycles. The molecule has 1 aromatic heterocycles. The van der Waals surface area contributed by atoms with Gasteiger partial charge in [-0.25, -0.2) is 5.43 Å². The van der Waals surface area contributed by atoms with E-state index in [4.69, 9.17) is 0 Å². The van der Waals surface area contributed by atoms with Crippen molar-refractivity contribution in [3.63, 3.8) is 0 Å². The molecule has 3 heterocycles. The van der Waals surface area contributed by atoms with Crippen LogP contribution < -0.4 is 10.9 Å². The smallest absolute Gasteiger partial charge is 0.241 e. The minimum atomic E-state index is -0.118. The molecule has 2 N–H and O–H groups in total. The number of fused-ring (bicyclic) bond motifs is 1. The number of hydrogen-bond acceptors (Lipinski definition) is 4. The Hall–Kier alpha value is -1.89. The van der Waals surface area contributed by atoms with Crippen molar-refractivity contribution in [2.75, 3.05) is 26.2 Å². The van der Waals surface area contributed by atoms with Crippen molar-refractivity contribution in [1.29, 1.82) is 0 Å². The molecule has 0 radical (unpaired) electrons. The molecule has 27 heavy (non-hydrogen) atoms. The van der Waals surface area contributed by atoms with Gasteiger partial charge in [0.05, 0.1) is 0 Å². The molecule has 2 aliphatic heterocycles. The van der Waals surface area contributed by atoms with Crippen LogP contribution in [0.25, 0.3) is 10.9 Å². The van der Waals surface area contributed by atoms with Crippen LogP contribution >= 0.6 is 0 Å². The Morgan fingerprint density at radius 2 is 2.00 bits per heavy atom. The third kappa shape index (κ3) is 3.74. The van der Waals surface area contributed by atoms with Crippen LogP contribution in [0.3, 0.4) is 0 Å². The van der Waals surface area contributed by atoms with Crippen molar-refractivity contribution >= 4 is 16.8 Å². The van der Waals surface area contributed by atoms with Crippen molar-refractivity contribution in [3.05, 3.63) is 36.5 Å². The molecule has 0 bridgehead atoms. The van der Waals surface area contributed by atoms with E-state index in [1.54, 1.807) is 0 Å². The molecule has 6 nitrogen and oxygen atoms in total. The van der Waals surface area contributed by atoms with Crippen molar-refractivity contribution in [1.82, 2.24) is 25.2 Å². The van der Waals surface area contributed by atoms with Crippen molar-refractivity contribution in [3.8, 4) is 0 Å². The molecule has 1 amide bonds. The fourth-order valence-electron chi connectivity index (χ4n) is 4.64. The number of rotatable bonds is 6. The van der Waals surface area contributed by atoms with Crippen molar-refractivity contribution in [2.24, 2.45) is 0 Å². The third-order valence-corrected chi connectivity index (χ3v) is 6.18. The zero-order chi connectivity index (χ0) is 18.8. The van der Waals surface area contributed by atoms with E-state index in [2.05, 4.69) is 75.6 Å². The second-order valence-corrected chi connectivity index (χ2v) is 7.75. The van der Waals surface area contributed by atoms with Crippen molar-refractivity contribution < 1.29 is 4.79 Å². The number of nitrogens with one attached hydrogen (secondary N) is 2. The highest BCUT2D eigenvalue weighted by molar-refractivity contribution is 5.82. The molecule has 0 spiro atoms. The Kier molecular flexibility index (Phi) is 5.48. The average Bonchev–Trinajstić information content (AvgIpc) is 3.43. The Balaban J connectivity index is 1.33. The monoisotopic (exact) mass is 369 g/mol. The molecule has 4 rings (SSSR count). The summed E-state index contributed by atoms with van der Waals surface area (Å²) in [5.74, 6) is 0.247. The first-order valence-electron chi connectivity index (χ1n) is 10.3. The first-order chi connectivity index (χ1) is 13.2. The molecule has 6 heteroatoms. The first-order valence-corrected chi connectivity index (χ1v) is 10.3. The SMILES string of the molecule is CCN(CC)C1CCN(C(=O)C2CC(Cn3ccc4ccccc43)NN2)C1. The van der Waals surface area contributed by atoms with E-state index in [1.165, 1.54) is 10.9 Å². The Bertz CT molecular complexity index is 784. The summed E-state index contributed by atoms with van der Waals surface area (Å²) in [6, 6.07) is 11.2. The van der Waals surface area contributed by atoms with E-state index in [1.807, 2.05) is 0 Å². The number of amides is 1. The van der Waals surface area contributed by atoms with Gasteiger partial charge in [0.15, 0.2) is 0 Å². The Morgan fingerprint density at radius 1 is 1.19 bits per heavy atom. The van der Waals surface area contributed by atoms with Gasteiger partial charge in [-0.1, -0.05) is 32.0 Å². The van der Waals surface area contributed by atoms with Gasteiger partial charge in [-0.3, -0.25) is 15.1 Å². The van der Waals surface area contributed by atoms with Crippen LogP contribution in [0.5, 0.6) is 0 Å². The predicted octanol–water partition coefficient (Wildman–Crippen LogP) is 1.82. The molecule has 3 unspecified atom stereocenters. The number of hydrazine groups is 1. The van der Waals surface area contributed by atoms with Gasteiger partial charge in [-0.15, -0.1) is 0 Å². The molecule has 2 fully saturated rings. The maximum absolute atomic E-state index is 13.0. The molecule has 146 valence electrons. The van der Waals surface area contributed by atoms with Crippen LogP contribution in [-0.2, 0) is 11.3 Å². The molecule has 2 aliphatic rings. The van der Waals surface area contributed by atoms with E-state index in [9.17, 15) is 4.79 Å². The normalized spacial score (nSPS) is 25.7. The number of nitrogens with zero attached hydrogens (tertiary/aromatic N) is 3. The average molecular weight is 370 g/mol. The summed E-state index contributed by atoms with van der Waals surface area (Å²) in [5, 5.41) is 1.26. The lowest BCUT2D eigenvalue weighted by Gasteiger charge is -2.26. The standard InChI is InChI=1S/C21H31N5O/c1-3-24(4-2)18-10-12-26(15-18)21(27)19-13-17(22-23-19)14-25-11-9-16-7-5-6-8-20(16)25/h5-9,11,17-19,22-23H,3-4,10,12-15H2,1-2H3. The fraction of sp³-hybridized carbons (Fsp3) is 0.571. The summed E-state index contributed by atoms with van der Waals surface area (Å²) in [5.41, 5.74) is 7.84. The summed E-state index contributed by atoms with van der Waals surface area (Å²) in [6.07, 6.45) is 4.06. The first kappa shape index (κ1) is 18.5. The zero-order valence-corrected chi connectivity index (χ0v) is 16.4. The Morgan fingerprint density at radius 3 is 2.81 bits per heavy atom. The third-order valence-electron chi connectivity index (χ3n) is 6.18. The molecule has 0 aliphatic carbocycles. The summed E-state index contributed by atoms with van der Waals surface area (Å²) >= 11 is 0. The highest BCUT2D eigenvalue weighted by Gasteiger charge is 2.36. The molecule has 3 atom stereocenters. The van der Waals surface area contributed by atoms with E-state index in [0.29, 0.717) is 6.04 Å². The number of carbonyl (C=O) groups excluding carboxylic acids is 1. The van der Waals surface area contributed by atoms with Gasteiger partial charge >= 0.3 is 0 Å². The van der Waals surface area contributed by atoms with Gasteiger partial charge in [0.1, 0.15) is 6.04 Å². The summed E-state index contributed by atoms with van der Waals surface area (Å²) < 4.78 is 2.27. The van der Waals surface area contributed by atoms with Crippen LogP contribution in [0.15, 0.2) is 36.5 Å². The lowest BCUT2D eigenvalue weighted by atomic mass is 10.1. The van der Waals surface area contributed by atoms with E-state index in [-0.39, 0.29) is 18.0 Å². The maximum atomic E-state index is 13.0. The molecular weight excluding hydrogens is 338 g/mol. The summed E-state index contributed by atoms with van der Waals surface area (Å²) in [6.45, 7) is 9.12. The summed E-state index contributed by atoms with van der Waals surface area (Å²) in [4.78, 5) is 17.5. The zero-order valence-electron chi connectivity index (χ0n) is 16.4. The van der Waals surface area contributed by atoms with Gasteiger partial charge < -0.3 is 9.47 Å². The minimum absolute atomic E-state index is 0.118. The highest BCUT2D eigenvalue weighted by Crippen LogP contribution is 2.20. The maximum Gasteiger partial charge on any atom is 0.241 e. The molecule has 1 aromatic carbocycles. The van der Waals surface area contributed by atoms with Crippen LogP contribution in [0, 0.1) is 0 Å². The number of carbonyl (C=O) groups is 1. The lowest BCUT2D eigenvalue weighted by molar-refractivity contribution is -0.132. The van der Waals surface area contributed by atoms with Gasteiger partial charge in [-0.2, -0.15) is 0 Å². The molecule has 2 aromatic rings. The molecule has 2 saturated heterocycles.